The summed E-state index contributed by atoms with van der Waals surface area (Å²) in [5.41, 5.74) is 3.84. The number of benzene rings is 1. The lowest BCUT2D eigenvalue weighted by atomic mass is 9.59. The van der Waals surface area contributed by atoms with E-state index in [1.807, 2.05) is 24.3 Å². The number of aromatic carboxylic acids is 1. The van der Waals surface area contributed by atoms with Crippen molar-refractivity contribution in [2.45, 2.75) is 82.1 Å². The summed E-state index contributed by atoms with van der Waals surface area (Å²) in [5, 5.41) is 14.7. The van der Waals surface area contributed by atoms with Crippen molar-refractivity contribution in [3.63, 3.8) is 0 Å². The number of rotatable bonds is 7. The van der Waals surface area contributed by atoms with Crippen LogP contribution in [0.4, 0.5) is 5.69 Å². The average molecular weight is 554 g/mol. The Bertz CT molecular complexity index is 1340. The van der Waals surface area contributed by atoms with E-state index in [0.29, 0.717) is 51.3 Å². The van der Waals surface area contributed by atoms with Crippen LogP contribution >= 0.6 is 23.2 Å². The second kappa shape index (κ2) is 9.25. The number of carbonyl (C=O) groups is 1. The number of piperidine rings is 1. The van der Waals surface area contributed by atoms with Gasteiger partial charge in [-0.15, -0.1) is 0 Å². The highest BCUT2D eigenvalue weighted by Crippen LogP contribution is 2.58. The highest BCUT2D eigenvalue weighted by atomic mass is 35.5. The Morgan fingerprint density at radius 3 is 2.37 bits per heavy atom. The number of pyridine rings is 1. The summed E-state index contributed by atoms with van der Waals surface area (Å²) < 4.78 is 12.3. The molecule has 1 aromatic carbocycles. The SMILES string of the molecule is O=C(O)c1ccc(N2C3CCC2CC2(CC(OCc4c(-c5c(Cl)cccc5Cl)noc4C4CC4)C2)C3)cn1. The molecule has 1 spiro atoms. The second-order valence-electron chi connectivity index (χ2n) is 11.5. The van der Waals surface area contributed by atoms with Crippen molar-refractivity contribution < 1.29 is 19.2 Å². The Hall–Kier alpha value is -2.61. The van der Waals surface area contributed by atoms with Crippen LogP contribution in [0.3, 0.4) is 0 Å². The van der Waals surface area contributed by atoms with Crippen molar-refractivity contribution in [1.29, 1.82) is 0 Å². The lowest BCUT2D eigenvalue weighted by Crippen LogP contribution is -2.54. The predicted molar refractivity (Wildman–Crippen MR) is 144 cm³/mol. The molecule has 1 N–H and O–H groups in total. The number of ether oxygens (including phenoxy) is 1. The topological polar surface area (TPSA) is 88.7 Å². The number of aromatic nitrogens is 2. The molecule has 9 heteroatoms. The number of anilines is 1. The van der Waals surface area contributed by atoms with Crippen molar-refractivity contribution >= 4 is 34.9 Å². The third kappa shape index (κ3) is 4.19. The van der Waals surface area contributed by atoms with Gasteiger partial charge in [0.2, 0.25) is 0 Å². The van der Waals surface area contributed by atoms with E-state index in [-0.39, 0.29) is 11.8 Å². The zero-order chi connectivity index (χ0) is 26.0. The summed E-state index contributed by atoms with van der Waals surface area (Å²) in [4.78, 5) is 17.8. The first-order valence-electron chi connectivity index (χ1n) is 13.4. The Balaban J connectivity index is 1.03. The quantitative estimate of drug-likeness (QED) is 0.333. The van der Waals surface area contributed by atoms with Gasteiger partial charge in [0.25, 0.3) is 0 Å². The summed E-state index contributed by atoms with van der Waals surface area (Å²) in [5.74, 6) is 0.330. The van der Waals surface area contributed by atoms with Gasteiger partial charge >= 0.3 is 5.97 Å². The maximum atomic E-state index is 11.2. The fourth-order valence-electron chi connectivity index (χ4n) is 7.14. The molecule has 2 unspecified atom stereocenters. The molecule has 4 fully saturated rings. The highest BCUT2D eigenvalue weighted by Gasteiger charge is 2.54. The summed E-state index contributed by atoms with van der Waals surface area (Å²) in [6, 6.07) is 9.95. The van der Waals surface area contributed by atoms with Crippen LogP contribution in [0.1, 0.15) is 79.1 Å². The number of nitrogens with zero attached hydrogens (tertiary/aromatic N) is 3. The van der Waals surface area contributed by atoms with Gasteiger partial charge in [-0.25, -0.2) is 9.78 Å². The van der Waals surface area contributed by atoms with E-state index in [1.54, 1.807) is 12.3 Å². The minimum Gasteiger partial charge on any atom is -0.477 e. The van der Waals surface area contributed by atoms with Crippen LogP contribution in [0.25, 0.3) is 11.3 Å². The molecule has 2 saturated carbocycles. The summed E-state index contributed by atoms with van der Waals surface area (Å²) in [6.45, 7) is 0.452. The van der Waals surface area contributed by atoms with E-state index >= 15 is 0 Å². The summed E-state index contributed by atoms with van der Waals surface area (Å²) in [7, 11) is 0. The molecule has 7 rings (SSSR count). The fourth-order valence-corrected chi connectivity index (χ4v) is 7.72. The van der Waals surface area contributed by atoms with Crippen LogP contribution in [-0.4, -0.2) is 39.4 Å². The predicted octanol–water partition coefficient (Wildman–Crippen LogP) is 7.12. The molecule has 4 aliphatic rings. The number of halogens is 2. The number of fused-ring (bicyclic) bond motifs is 2. The molecule has 2 bridgehead atoms. The van der Waals surface area contributed by atoms with Crippen LogP contribution in [0.2, 0.25) is 10.0 Å². The molecule has 198 valence electrons. The van der Waals surface area contributed by atoms with Crippen LogP contribution in [0.15, 0.2) is 41.1 Å². The molecule has 3 aromatic rings. The molecule has 4 heterocycles. The van der Waals surface area contributed by atoms with Gasteiger partial charge in [0, 0.05) is 29.1 Å². The molecule has 2 atom stereocenters. The van der Waals surface area contributed by atoms with E-state index in [9.17, 15) is 9.90 Å². The standard InChI is InChI=1S/C29H29Cl2N3O4/c30-22-2-1-3-23(31)25(22)26-21(27(38-33-26)16-4-5-16)15-37-20-12-29(13-20)10-17-6-7-18(11-29)34(17)19-8-9-24(28(35)36)32-14-19/h1-3,8-9,14,16-18,20H,4-7,10-13,15H2,(H,35,36). The minimum atomic E-state index is -0.991. The van der Waals surface area contributed by atoms with Gasteiger partial charge in [-0.1, -0.05) is 34.4 Å². The Morgan fingerprint density at radius 2 is 1.76 bits per heavy atom. The molecular weight excluding hydrogens is 525 g/mol. The van der Waals surface area contributed by atoms with Crippen LogP contribution in [0.5, 0.6) is 0 Å². The molecule has 0 amide bonds. The monoisotopic (exact) mass is 553 g/mol. The van der Waals surface area contributed by atoms with Gasteiger partial charge in [-0.05, 0) is 81.0 Å². The fraction of sp³-hybridized carbons (Fsp3) is 0.483. The maximum absolute atomic E-state index is 11.2. The zero-order valence-corrected chi connectivity index (χ0v) is 22.4. The molecule has 7 nitrogen and oxygen atoms in total. The molecule has 2 saturated heterocycles. The van der Waals surface area contributed by atoms with Gasteiger partial charge in [-0.2, -0.15) is 0 Å². The Labute approximate surface area is 231 Å². The number of carboxylic acids is 1. The lowest BCUT2D eigenvalue weighted by molar-refractivity contribution is -0.103. The summed E-state index contributed by atoms with van der Waals surface area (Å²) in [6.07, 6.45) is 10.9. The van der Waals surface area contributed by atoms with Crippen LogP contribution in [-0.2, 0) is 11.3 Å². The third-order valence-corrected chi connectivity index (χ3v) is 9.60. The molecule has 2 aliphatic carbocycles. The van der Waals surface area contributed by atoms with Gasteiger partial charge in [0.15, 0.2) is 0 Å². The number of carboxylic acid groups (broad SMARTS) is 1. The maximum Gasteiger partial charge on any atom is 0.354 e. The number of hydrogen-bond donors (Lipinski definition) is 1. The Morgan fingerprint density at radius 1 is 1.05 bits per heavy atom. The third-order valence-electron chi connectivity index (χ3n) is 8.97. The van der Waals surface area contributed by atoms with E-state index in [1.165, 1.54) is 12.8 Å². The molecule has 2 aromatic heterocycles. The normalized spacial score (nSPS) is 28.1. The van der Waals surface area contributed by atoms with Gasteiger partial charge < -0.3 is 19.3 Å². The van der Waals surface area contributed by atoms with Crippen molar-refractivity contribution in [2.24, 2.45) is 5.41 Å². The minimum absolute atomic E-state index is 0.0891. The molecule has 2 aliphatic heterocycles. The first-order chi connectivity index (χ1) is 18.4. The van der Waals surface area contributed by atoms with Crippen LogP contribution < -0.4 is 4.90 Å². The van der Waals surface area contributed by atoms with E-state index in [0.717, 1.165) is 55.5 Å². The van der Waals surface area contributed by atoms with Crippen molar-refractivity contribution in [2.75, 3.05) is 4.90 Å². The van der Waals surface area contributed by atoms with Gasteiger partial charge in [0.05, 0.1) is 34.6 Å². The van der Waals surface area contributed by atoms with Gasteiger partial charge in [0.1, 0.15) is 17.1 Å². The number of hydrogen-bond acceptors (Lipinski definition) is 6. The van der Waals surface area contributed by atoms with Crippen molar-refractivity contribution in [3.8, 4) is 11.3 Å². The Kier molecular flexibility index (Phi) is 5.95. The average Bonchev–Trinajstić information content (AvgIpc) is 3.58. The van der Waals surface area contributed by atoms with Crippen LogP contribution in [0, 0.1) is 5.41 Å². The molecule has 38 heavy (non-hydrogen) atoms. The van der Waals surface area contributed by atoms with E-state index in [2.05, 4.69) is 15.0 Å². The van der Waals surface area contributed by atoms with E-state index in [4.69, 9.17) is 32.5 Å². The highest BCUT2D eigenvalue weighted by molar-refractivity contribution is 6.39. The van der Waals surface area contributed by atoms with Gasteiger partial charge in [-0.3, -0.25) is 0 Å². The largest absolute Gasteiger partial charge is 0.477 e. The van der Waals surface area contributed by atoms with Crippen molar-refractivity contribution in [3.05, 3.63) is 63.6 Å². The smallest absolute Gasteiger partial charge is 0.354 e. The first kappa shape index (κ1) is 24.4. The first-order valence-corrected chi connectivity index (χ1v) is 14.2. The zero-order valence-electron chi connectivity index (χ0n) is 20.9. The summed E-state index contributed by atoms with van der Waals surface area (Å²) >= 11 is 13.0. The lowest BCUT2D eigenvalue weighted by Gasteiger charge is -2.55. The molecule has 0 radical (unpaired) electrons. The second-order valence-corrected chi connectivity index (χ2v) is 12.3. The van der Waals surface area contributed by atoms with Crippen molar-refractivity contribution in [1.82, 2.24) is 10.1 Å². The van der Waals surface area contributed by atoms with E-state index < -0.39 is 5.97 Å². The molecular formula is C29H29Cl2N3O4.